The Labute approximate surface area is 101 Å². The molecule has 0 bridgehead atoms. The fourth-order valence-electron chi connectivity index (χ4n) is 3.61. The van der Waals surface area contributed by atoms with E-state index in [0.29, 0.717) is 5.41 Å². The van der Waals surface area contributed by atoms with Crippen LogP contribution in [0.15, 0.2) is 0 Å². The molecule has 0 spiro atoms. The summed E-state index contributed by atoms with van der Waals surface area (Å²) in [5.41, 5.74) is 0.587. The summed E-state index contributed by atoms with van der Waals surface area (Å²) in [6.45, 7) is 9.60. The fourth-order valence-corrected chi connectivity index (χ4v) is 3.61. The minimum Gasteiger partial charge on any atom is -0.311 e. The Morgan fingerprint density at radius 2 is 2.00 bits per heavy atom. The summed E-state index contributed by atoms with van der Waals surface area (Å²) in [5, 5.41) is 3.92. The van der Waals surface area contributed by atoms with E-state index in [0.717, 1.165) is 23.9 Å². The van der Waals surface area contributed by atoms with Gasteiger partial charge in [0.05, 0.1) is 0 Å². The maximum absolute atomic E-state index is 3.92. The van der Waals surface area contributed by atoms with Crippen molar-refractivity contribution in [2.45, 2.75) is 78.3 Å². The zero-order chi connectivity index (χ0) is 11.8. The fraction of sp³-hybridized carbons (Fsp3) is 1.00. The van der Waals surface area contributed by atoms with Crippen LogP contribution in [0.2, 0.25) is 0 Å². The topological polar surface area (TPSA) is 12.0 Å². The molecule has 4 unspecified atom stereocenters. The van der Waals surface area contributed by atoms with E-state index in [9.17, 15) is 0 Å². The van der Waals surface area contributed by atoms with Gasteiger partial charge in [0.1, 0.15) is 0 Å². The van der Waals surface area contributed by atoms with Crippen LogP contribution in [0, 0.1) is 17.3 Å². The van der Waals surface area contributed by atoms with Gasteiger partial charge in [-0.15, -0.1) is 0 Å². The highest BCUT2D eigenvalue weighted by Gasteiger charge is 2.40. The molecule has 0 heterocycles. The van der Waals surface area contributed by atoms with E-state index >= 15 is 0 Å². The average Bonchev–Trinajstić information content (AvgIpc) is 2.89. The highest BCUT2D eigenvalue weighted by atomic mass is 15.0. The minimum atomic E-state index is 0.587. The molecule has 1 heteroatoms. The third kappa shape index (κ3) is 3.00. The molecule has 0 amide bonds. The van der Waals surface area contributed by atoms with E-state index in [2.05, 4.69) is 33.0 Å². The summed E-state index contributed by atoms with van der Waals surface area (Å²) < 4.78 is 0. The molecule has 1 N–H and O–H groups in total. The van der Waals surface area contributed by atoms with Crippen LogP contribution < -0.4 is 5.32 Å². The smallest absolute Gasteiger partial charge is 0.0102 e. The van der Waals surface area contributed by atoms with E-state index in [-0.39, 0.29) is 0 Å². The third-order valence-electron chi connectivity index (χ3n) is 4.70. The largest absolute Gasteiger partial charge is 0.311 e. The molecule has 0 aromatic rings. The van der Waals surface area contributed by atoms with Gasteiger partial charge in [-0.25, -0.2) is 0 Å². The predicted molar refractivity (Wildman–Crippen MR) is 70.5 cm³/mol. The zero-order valence-corrected chi connectivity index (χ0v) is 11.6. The van der Waals surface area contributed by atoms with Gasteiger partial charge in [-0.1, -0.05) is 34.1 Å². The van der Waals surface area contributed by atoms with Crippen molar-refractivity contribution in [1.82, 2.24) is 5.32 Å². The molecule has 1 nitrogen and oxygen atoms in total. The maximum atomic E-state index is 3.92. The highest BCUT2D eigenvalue weighted by molar-refractivity contribution is 4.97. The van der Waals surface area contributed by atoms with Crippen molar-refractivity contribution in [2.75, 3.05) is 0 Å². The Balaban J connectivity index is 1.75. The second kappa shape index (κ2) is 4.68. The van der Waals surface area contributed by atoms with Gasteiger partial charge in [-0.05, 0) is 49.4 Å². The quantitative estimate of drug-likeness (QED) is 0.760. The van der Waals surface area contributed by atoms with Crippen LogP contribution in [-0.2, 0) is 0 Å². The highest BCUT2D eigenvalue weighted by Crippen LogP contribution is 2.41. The van der Waals surface area contributed by atoms with Crippen LogP contribution in [0.3, 0.4) is 0 Å². The van der Waals surface area contributed by atoms with Crippen LogP contribution in [0.4, 0.5) is 0 Å². The first-order valence-corrected chi connectivity index (χ1v) is 7.28. The molecule has 2 aliphatic carbocycles. The maximum Gasteiger partial charge on any atom is 0.0102 e. The van der Waals surface area contributed by atoms with E-state index in [1.165, 1.54) is 38.5 Å². The molecule has 0 saturated heterocycles. The normalized spacial score (nSPS) is 42.0. The van der Waals surface area contributed by atoms with Gasteiger partial charge in [0.25, 0.3) is 0 Å². The summed E-state index contributed by atoms with van der Waals surface area (Å²) in [6.07, 6.45) is 8.43. The molecule has 16 heavy (non-hydrogen) atoms. The third-order valence-corrected chi connectivity index (χ3v) is 4.70. The zero-order valence-electron chi connectivity index (χ0n) is 11.6. The summed E-state index contributed by atoms with van der Waals surface area (Å²) in [5.74, 6) is 1.87. The van der Waals surface area contributed by atoms with E-state index in [1.54, 1.807) is 0 Å². The number of nitrogens with one attached hydrogen (secondary N) is 1. The van der Waals surface area contributed by atoms with Crippen molar-refractivity contribution in [3.8, 4) is 0 Å². The van der Waals surface area contributed by atoms with Gasteiger partial charge in [-0.2, -0.15) is 0 Å². The van der Waals surface area contributed by atoms with Crippen molar-refractivity contribution in [2.24, 2.45) is 17.3 Å². The second-order valence-corrected chi connectivity index (χ2v) is 7.05. The molecule has 2 saturated carbocycles. The number of hydrogen-bond donors (Lipinski definition) is 1. The molecule has 2 aliphatic rings. The van der Waals surface area contributed by atoms with Crippen molar-refractivity contribution < 1.29 is 0 Å². The van der Waals surface area contributed by atoms with Crippen molar-refractivity contribution in [3.63, 3.8) is 0 Å². The van der Waals surface area contributed by atoms with E-state index in [1.807, 2.05) is 0 Å². The van der Waals surface area contributed by atoms with Gasteiger partial charge >= 0.3 is 0 Å². The Morgan fingerprint density at radius 1 is 1.25 bits per heavy atom. The lowest BCUT2D eigenvalue weighted by Gasteiger charge is -2.39. The molecule has 0 radical (unpaired) electrons. The van der Waals surface area contributed by atoms with E-state index < -0.39 is 0 Å². The molecule has 4 atom stereocenters. The van der Waals surface area contributed by atoms with Crippen LogP contribution in [-0.4, -0.2) is 12.1 Å². The molecular formula is C15H29N. The van der Waals surface area contributed by atoms with Crippen LogP contribution in [0.25, 0.3) is 0 Å². The lowest BCUT2D eigenvalue weighted by atomic mass is 9.70. The molecule has 0 aromatic carbocycles. The Morgan fingerprint density at radius 3 is 2.62 bits per heavy atom. The number of rotatable bonds is 4. The van der Waals surface area contributed by atoms with Gasteiger partial charge < -0.3 is 5.32 Å². The standard InChI is InChI=1S/C15H29N/c1-5-6-12-9-14(12)16-13-7-8-15(3,4)10-11(13)2/h11-14,16H,5-10H2,1-4H3. The summed E-state index contributed by atoms with van der Waals surface area (Å²) >= 11 is 0. The summed E-state index contributed by atoms with van der Waals surface area (Å²) in [4.78, 5) is 0. The minimum absolute atomic E-state index is 0.587. The molecule has 2 fully saturated rings. The van der Waals surface area contributed by atoms with Gasteiger partial charge in [0, 0.05) is 12.1 Å². The molecule has 0 aliphatic heterocycles. The summed E-state index contributed by atoms with van der Waals surface area (Å²) in [6, 6.07) is 1.67. The van der Waals surface area contributed by atoms with Gasteiger partial charge in [0.15, 0.2) is 0 Å². The predicted octanol–water partition coefficient (Wildman–Crippen LogP) is 3.98. The summed E-state index contributed by atoms with van der Waals surface area (Å²) in [7, 11) is 0. The lowest BCUT2D eigenvalue weighted by Crippen LogP contribution is -2.43. The van der Waals surface area contributed by atoms with Crippen molar-refractivity contribution >= 4 is 0 Å². The first-order valence-electron chi connectivity index (χ1n) is 7.28. The average molecular weight is 223 g/mol. The van der Waals surface area contributed by atoms with Gasteiger partial charge in [-0.3, -0.25) is 0 Å². The Hall–Kier alpha value is -0.0400. The molecular weight excluding hydrogens is 194 g/mol. The first-order chi connectivity index (χ1) is 7.52. The lowest BCUT2D eigenvalue weighted by molar-refractivity contribution is 0.147. The first kappa shape index (κ1) is 12.4. The van der Waals surface area contributed by atoms with E-state index in [4.69, 9.17) is 0 Å². The monoisotopic (exact) mass is 223 g/mol. The van der Waals surface area contributed by atoms with Crippen LogP contribution >= 0.6 is 0 Å². The van der Waals surface area contributed by atoms with Crippen molar-refractivity contribution in [3.05, 3.63) is 0 Å². The molecule has 94 valence electrons. The van der Waals surface area contributed by atoms with Crippen molar-refractivity contribution in [1.29, 1.82) is 0 Å². The van der Waals surface area contributed by atoms with Crippen LogP contribution in [0.1, 0.15) is 66.2 Å². The Bertz CT molecular complexity index is 234. The van der Waals surface area contributed by atoms with Gasteiger partial charge in [0.2, 0.25) is 0 Å². The molecule has 2 rings (SSSR count). The number of hydrogen-bond acceptors (Lipinski definition) is 1. The molecule has 0 aromatic heterocycles. The Kier molecular flexibility index (Phi) is 3.63. The SMILES string of the molecule is CCCC1CC1NC1CCC(C)(C)CC1C. The van der Waals surface area contributed by atoms with Crippen LogP contribution in [0.5, 0.6) is 0 Å². The second-order valence-electron chi connectivity index (χ2n) is 7.05.